The van der Waals surface area contributed by atoms with Crippen LogP contribution in [0.5, 0.6) is 0 Å². The molecule has 1 N–H and O–H groups in total. The molecular formula is C7H13NO3. The quantitative estimate of drug-likeness (QED) is 0.587. The van der Waals surface area contributed by atoms with Crippen LogP contribution in [0, 0.1) is 0 Å². The Labute approximate surface area is 65.8 Å². The standard InChI is InChI=1S/C7H13NO3/c1-7(4-3-5-11-7)6(9)8-10-2/h3-5H2,1-2H3,(H,8,9). The predicted octanol–water partition coefficient (Wildman–Crippen LogP) is 0.233. The minimum absolute atomic E-state index is 0.197. The van der Waals surface area contributed by atoms with Gasteiger partial charge in [-0.2, -0.15) is 0 Å². The second kappa shape index (κ2) is 3.19. The molecule has 1 fully saturated rings. The Balaban J connectivity index is 2.49. The number of rotatable bonds is 2. The van der Waals surface area contributed by atoms with Crippen molar-refractivity contribution in [3.8, 4) is 0 Å². The number of ether oxygens (including phenoxy) is 1. The Morgan fingerprint density at radius 1 is 1.73 bits per heavy atom. The minimum Gasteiger partial charge on any atom is -0.365 e. The summed E-state index contributed by atoms with van der Waals surface area (Å²) in [5, 5.41) is 0. The van der Waals surface area contributed by atoms with Crippen LogP contribution in [0.2, 0.25) is 0 Å². The fourth-order valence-electron chi connectivity index (χ4n) is 1.16. The van der Waals surface area contributed by atoms with Gasteiger partial charge in [0.15, 0.2) is 0 Å². The smallest absolute Gasteiger partial charge is 0.275 e. The van der Waals surface area contributed by atoms with E-state index >= 15 is 0 Å². The Morgan fingerprint density at radius 3 is 2.91 bits per heavy atom. The van der Waals surface area contributed by atoms with E-state index in [1.807, 2.05) is 0 Å². The van der Waals surface area contributed by atoms with Gasteiger partial charge in [-0.05, 0) is 19.8 Å². The summed E-state index contributed by atoms with van der Waals surface area (Å²) in [5.41, 5.74) is 1.59. The van der Waals surface area contributed by atoms with Crippen molar-refractivity contribution in [1.82, 2.24) is 5.48 Å². The Morgan fingerprint density at radius 2 is 2.45 bits per heavy atom. The lowest BCUT2D eigenvalue weighted by Crippen LogP contribution is -2.43. The first-order chi connectivity index (χ1) is 5.19. The van der Waals surface area contributed by atoms with Crippen LogP contribution in [0.4, 0.5) is 0 Å². The van der Waals surface area contributed by atoms with Crippen molar-refractivity contribution in [2.75, 3.05) is 13.7 Å². The number of nitrogens with one attached hydrogen (secondary N) is 1. The summed E-state index contributed by atoms with van der Waals surface area (Å²) < 4.78 is 5.26. The van der Waals surface area contributed by atoms with Crippen LogP contribution in [-0.2, 0) is 14.4 Å². The first kappa shape index (κ1) is 8.49. The number of carbonyl (C=O) groups is 1. The molecule has 1 aliphatic rings. The average molecular weight is 159 g/mol. The summed E-state index contributed by atoms with van der Waals surface area (Å²) in [6.45, 7) is 2.43. The maximum atomic E-state index is 11.2. The topological polar surface area (TPSA) is 47.6 Å². The normalized spacial score (nSPS) is 30.4. The van der Waals surface area contributed by atoms with Crippen molar-refractivity contribution < 1.29 is 14.4 Å². The number of hydrogen-bond acceptors (Lipinski definition) is 3. The summed E-state index contributed by atoms with van der Waals surface area (Å²) in [5.74, 6) is -0.197. The zero-order chi connectivity index (χ0) is 8.32. The molecule has 1 rings (SSSR count). The van der Waals surface area contributed by atoms with E-state index < -0.39 is 5.60 Å². The summed E-state index contributed by atoms with van der Waals surface area (Å²) >= 11 is 0. The molecule has 1 atom stereocenters. The SMILES string of the molecule is CONC(=O)C1(C)CCCO1. The number of amides is 1. The monoisotopic (exact) mass is 159 g/mol. The van der Waals surface area contributed by atoms with Crippen LogP contribution in [0.15, 0.2) is 0 Å². The van der Waals surface area contributed by atoms with Gasteiger partial charge in [0.25, 0.3) is 5.91 Å². The van der Waals surface area contributed by atoms with Crippen molar-refractivity contribution >= 4 is 5.91 Å². The highest BCUT2D eigenvalue weighted by atomic mass is 16.6. The summed E-state index contributed by atoms with van der Waals surface area (Å²) in [6.07, 6.45) is 1.70. The largest absolute Gasteiger partial charge is 0.365 e. The lowest BCUT2D eigenvalue weighted by Gasteiger charge is -2.20. The van der Waals surface area contributed by atoms with Gasteiger partial charge in [-0.15, -0.1) is 0 Å². The van der Waals surface area contributed by atoms with Gasteiger partial charge in [0, 0.05) is 6.61 Å². The first-order valence-electron chi connectivity index (χ1n) is 3.66. The van der Waals surface area contributed by atoms with Crippen LogP contribution in [0.3, 0.4) is 0 Å². The van der Waals surface area contributed by atoms with Gasteiger partial charge in [-0.3, -0.25) is 9.63 Å². The average Bonchev–Trinajstić information content (AvgIpc) is 2.38. The van der Waals surface area contributed by atoms with E-state index in [1.165, 1.54) is 7.11 Å². The van der Waals surface area contributed by atoms with Crippen LogP contribution < -0.4 is 5.48 Å². The van der Waals surface area contributed by atoms with Crippen molar-refractivity contribution in [1.29, 1.82) is 0 Å². The molecule has 0 bridgehead atoms. The Hall–Kier alpha value is -0.610. The molecule has 0 spiro atoms. The zero-order valence-electron chi connectivity index (χ0n) is 6.85. The third-order valence-corrected chi connectivity index (χ3v) is 1.89. The maximum Gasteiger partial charge on any atom is 0.275 e. The van der Waals surface area contributed by atoms with Gasteiger partial charge in [-0.25, -0.2) is 5.48 Å². The molecule has 1 heterocycles. The molecule has 4 nitrogen and oxygen atoms in total. The number of hydroxylamine groups is 1. The highest BCUT2D eigenvalue weighted by molar-refractivity contribution is 5.84. The summed E-state index contributed by atoms with van der Waals surface area (Å²) in [4.78, 5) is 15.7. The van der Waals surface area contributed by atoms with E-state index in [0.29, 0.717) is 6.61 Å². The van der Waals surface area contributed by atoms with Crippen molar-refractivity contribution in [2.45, 2.75) is 25.4 Å². The highest BCUT2D eigenvalue weighted by Gasteiger charge is 2.37. The summed E-state index contributed by atoms with van der Waals surface area (Å²) in [7, 11) is 1.41. The van der Waals surface area contributed by atoms with E-state index in [-0.39, 0.29) is 5.91 Å². The third kappa shape index (κ3) is 1.70. The van der Waals surface area contributed by atoms with Crippen molar-refractivity contribution in [3.63, 3.8) is 0 Å². The van der Waals surface area contributed by atoms with Gasteiger partial charge in [0.2, 0.25) is 0 Å². The van der Waals surface area contributed by atoms with E-state index in [1.54, 1.807) is 6.92 Å². The number of carbonyl (C=O) groups excluding carboxylic acids is 1. The van der Waals surface area contributed by atoms with Gasteiger partial charge in [0.05, 0.1) is 7.11 Å². The van der Waals surface area contributed by atoms with Crippen LogP contribution in [-0.4, -0.2) is 25.2 Å². The Kier molecular flexibility index (Phi) is 2.46. The molecule has 1 amide bonds. The van der Waals surface area contributed by atoms with Gasteiger partial charge in [-0.1, -0.05) is 0 Å². The molecule has 0 saturated carbocycles. The molecule has 64 valence electrons. The lowest BCUT2D eigenvalue weighted by molar-refractivity contribution is -0.150. The molecule has 1 aliphatic heterocycles. The molecular weight excluding hydrogens is 146 g/mol. The van der Waals surface area contributed by atoms with Crippen LogP contribution in [0.25, 0.3) is 0 Å². The van der Waals surface area contributed by atoms with Gasteiger partial charge >= 0.3 is 0 Å². The fraction of sp³-hybridized carbons (Fsp3) is 0.857. The zero-order valence-corrected chi connectivity index (χ0v) is 6.85. The fourth-order valence-corrected chi connectivity index (χ4v) is 1.16. The van der Waals surface area contributed by atoms with Gasteiger partial charge < -0.3 is 4.74 Å². The molecule has 4 heteroatoms. The third-order valence-electron chi connectivity index (χ3n) is 1.89. The summed E-state index contributed by atoms with van der Waals surface area (Å²) in [6, 6.07) is 0. The first-order valence-corrected chi connectivity index (χ1v) is 3.66. The van der Waals surface area contributed by atoms with E-state index in [9.17, 15) is 4.79 Å². The molecule has 11 heavy (non-hydrogen) atoms. The Bertz CT molecular complexity index is 152. The molecule has 1 unspecified atom stereocenters. The molecule has 0 aromatic rings. The molecule has 1 saturated heterocycles. The highest BCUT2D eigenvalue weighted by Crippen LogP contribution is 2.24. The molecule has 0 radical (unpaired) electrons. The minimum atomic E-state index is -0.671. The van der Waals surface area contributed by atoms with Crippen LogP contribution in [0.1, 0.15) is 19.8 Å². The van der Waals surface area contributed by atoms with Crippen LogP contribution >= 0.6 is 0 Å². The molecule has 0 aromatic heterocycles. The van der Waals surface area contributed by atoms with E-state index in [4.69, 9.17) is 4.74 Å². The van der Waals surface area contributed by atoms with E-state index in [0.717, 1.165) is 12.8 Å². The van der Waals surface area contributed by atoms with Crippen molar-refractivity contribution in [2.24, 2.45) is 0 Å². The predicted molar refractivity (Wildman–Crippen MR) is 38.7 cm³/mol. The molecule has 0 aliphatic carbocycles. The molecule has 0 aromatic carbocycles. The van der Waals surface area contributed by atoms with Gasteiger partial charge in [0.1, 0.15) is 5.60 Å². The number of hydrogen-bond donors (Lipinski definition) is 1. The lowest BCUT2D eigenvalue weighted by atomic mass is 10.0. The van der Waals surface area contributed by atoms with E-state index in [2.05, 4.69) is 10.3 Å². The maximum absolute atomic E-state index is 11.2. The van der Waals surface area contributed by atoms with Crippen molar-refractivity contribution in [3.05, 3.63) is 0 Å². The second-order valence-electron chi connectivity index (χ2n) is 2.82. The second-order valence-corrected chi connectivity index (χ2v) is 2.82.